The van der Waals surface area contributed by atoms with Crippen molar-refractivity contribution in [1.82, 2.24) is 10.4 Å². The maximum absolute atomic E-state index is 9.61. The highest BCUT2D eigenvalue weighted by molar-refractivity contribution is 4.90. The van der Waals surface area contributed by atoms with Crippen LogP contribution in [-0.4, -0.2) is 57.8 Å². The maximum atomic E-state index is 9.61. The normalized spacial score (nSPS) is 22.9. The minimum absolute atomic E-state index is 0.254. The summed E-state index contributed by atoms with van der Waals surface area (Å²) >= 11 is 0. The summed E-state index contributed by atoms with van der Waals surface area (Å²) in [4.78, 5) is 0. The van der Waals surface area contributed by atoms with Crippen LogP contribution in [0, 0.1) is 0 Å². The molecule has 0 saturated heterocycles. The summed E-state index contributed by atoms with van der Waals surface area (Å²) in [5.41, 5.74) is 2.33. The first-order valence-corrected chi connectivity index (χ1v) is 8.63. The number of hydrazine groups is 1. The molecule has 5 nitrogen and oxygen atoms in total. The quantitative estimate of drug-likeness (QED) is 0.531. The van der Waals surface area contributed by atoms with Gasteiger partial charge in [-0.15, -0.1) is 0 Å². The van der Waals surface area contributed by atoms with Crippen molar-refractivity contribution in [1.29, 1.82) is 0 Å². The molecule has 0 aliphatic heterocycles. The summed E-state index contributed by atoms with van der Waals surface area (Å²) in [6, 6.07) is 0.928. The van der Waals surface area contributed by atoms with Crippen LogP contribution in [0.25, 0.3) is 0 Å². The van der Waals surface area contributed by atoms with E-state index >= 15 is 0 Å². The predicted octanol–water partition coefficient (Wildman–Crippen LogP) is 1.17. The number of hydrogen-bond acceptors (Lipinski definition) is 5. The summed E-state index contributed by atoms with van der Waals surface area (Å²) in [5.74, 6) is 0. The molecule has 0 amide bonds. The fraction of sp³-hybridized carbons (Fsp3) is 1.00. The van der Waals surface area contributed by atoms with Crippen molar-refractivity contribution in [2.45, 2.75) is 81.8 Å². The Kier molecular flexibility index (Phi) is 6.89. The van der Waals surface area contributed by atoms with Gasteiger partial charge < -0.3 is 15.3 Å². The van der Waals surface area contributed by atoms with Gasteiger partial charge in [-0.1, -0.05) is 38.5 Å². The molecule has 2 rings (SSSR count). The molecule has 0 aromatic rings. The maximum Gasteiger partial charge on any atom is 0.101 e. The van der Waals surface area contributed by atoms with Crippen molar-refractivity contribution in [3.63, 3.8) is 0 Å². The van der Waals surface area contributed by atoms with Crippen LogP contribution in [0.5, 0.6) is 0 Å². The van der Waals surface area contributed by atoms with Gasteiger partial charge in [-0.3, -0.25) is 0 Å². The van der Waals surface area contributed by atoms with Gasteiger partial charge in [0.1, 0.15) is 5.54 Å². The fourth-order valence-corrected chi connectivity index (χ4v) is 3.73. The SMILES string of the molecule is OCC(CO)(CO)NN(C1CCCCC1)C1CCCCC1. The standard InChI is InChI=1S/C16H32N2O3/c19-11-16(12-20,13-21)17-18(14-7-3-1-4-8-14)15-9-5-2-6-10-15/h14-15,17,19-21H,1-13H2. The second kappa shape index (κ2) is 8.44. The number of rotatable bonds is 7. The van der Waals surface area contributed by atoms with Gasteiger partial charge in [0.2, 0.25) is 0 Å². The second-order valence-electron chi connectivity index (χ2n) is 6.86. The summed E-state index contributed by atoms with van der Waals surface area (Å²) in [6.07, 6.45) is 12.3. The van der Waals surface area contributed by atoms with Gasteiger partial charge in [0.25, 0.3) is 0 Å². The molecule has 0 aromatic carbocycles. The Bertz CT molecular complexity index is 259. The largest absolute Gasteiger partial charge is 0.394 e. The van der Waals surface area contributed by atoms with E-state index in [4.69, 9.17) is 0 Å². The van der Waals surface area contributed by atoms with E-state index in [-0.39, 0.29) is 19.8 Å². The molecule has 2 saturated carbocycles. The first-order chi connectivity index (χ1) is 10.2. The summed E-state index contributed by atoms with van der Waals surface area (Å²) in [5, 5.41) is 31.1. The lowest BCUT2D eigenvalue weighted by Gasteiger charge is -2.46. The van der Waals surface area contributed by atoms with E-state index in [0.717, 1.165) is 0 Å². The van der Waals surface area contributed by atoms with E-state index in [9.17, 15) is 15.3 Å². The molecule has 4 N–H and O–H groups in total. The molecule has 0 spiro atoms. The van der Waals surface area contributed by atoms with Crippen LogP contribution < -0.4 is 5.43 Å². The Balaban J connectivity index is 2.09. The van der Waals surface area contributed by atoms with Crippen LogP contribution in [0.2, 0.25) is 0 Å². The zero-order chi connectivity index (χ0) is 15.1. The lowest BCUT2D eigenvalue weighted by Crippen LogP contribution is -2.66. The van der Waals surface area contributed by atoms with E-state index in [0.29, 0.717) is 12.1 Å². The molecule has 0 atom stereocenters. The van der Waals surface area contributed by atoms with Gasteiger partial charge in [0.05, 0.1) is 19.8 Å². The monoisotopic (exact) mass is 300 g/mol. The molecule has 2 aliphatic carbocycles. The number of aliphatic hydroxyl groups is 3. The lowest BCUT2D eigenvalue weighted by atomic mass is 9.89. The van der Waals surface area contributed by atoms with Crippen molar-refractivity contribution in [3.05, 3.63) is 0 Å². The first kappa shape index (κ1) is 17.2. The van der Waals surface area contributed by atoms with Gasteiger partial charge in [0.15, 0.2) is 0 Å². The molecule has 0 bridgehead atoms. The molecule has 0 unspecified atom stereocenters. The Hall–Kier alpha value is -0.200. The van der Waals surface area contributed by atoms with Crippen molar-refractivity contribution in [3.8, 4) is 0 Å². The summed E-state index contributed by atoms with van der Waals surface area (Å²) < 4.78 is 0. The molecule has 2 fully saturated rings. The van der Waals surface area contributed by atoms with Crippen LogP contribution in [-0.2, 0) is 0 Å². The molecule has 124 valence electrons. The van der Waals surface area contributed by atoms with Crippen molar-refractivity contribution in [2.24, 2.45) is 0 Å². The molecular weight excluding hydrogens is 268 g/mol. The van der Waals surface area contributed by atoms with Gasteiger partial charge in [-0.2, -0.15) is 0 Å². The van der Waals surface area contributed by atoms with Crippen LogP contribution >= 0.6 is 0 Å². The molecule has 21 heavy (non-hydrogen) atoms. The average molecular weight is 300 g/mol. The fourth-order valence-electron chi connectivity index (χ4n) is 3.73. The van der Waals surface area contributed by atoms with Gasteiger partial charge in [0, 0.05) is 12.1 Å². The zero-order valence-corrected chi connectivity index (χ0v) is 13.1. The topological polar surface area (TPSA) is 76.0 Å². The molecule has 2 aliphatic rings. The average Bonchev–Trinajstić information content (AvgIpc) is 2.58. The summed E-state index contributed by atoms with van der Waals surface area (Å²) in [7, 11) is 0. The van der Waals surface area contributed by atoms with E-state index in [1.807, 2.05) is 0 Å². The van der Waals surface area contributed by atoms with Crippen LogP contribution in [0.3, 0.4) is 0 Å². The molecule has 5 heteroatoms. The van der Waals surface area contributed by atoms with Crippen LogP contribution in [0.15, 0.2) is 0 Å². The smallest absolute Gasteiger partial charge is 0.101 e. The Labute approximate surface area is 128 Å². The third-order valence-corrected chi connectivity index (χ3v) is 5.21. The number of hydrogen-bond donors (Lipinski definition) is 4. The van der Waals surface area contributed by atoms with Crippen LogP contribution in [0.4, 0.5) is 0 Å². The number of aliphatic hydroxyl groups excluding tert-OH is 3. The first-order valence-electron chi connectivity index (χ1n) is 8.63. The van der Waals surface area contributed by atoms with Crippen molar-refractivity contribution in [2.75, 3.05) is 19.8 Å². The Morgan fingerprint density at radius 1 is 0.714 bits per heavy atom. The molecular formula is C16H32N2O3. The minimum Gasteiger partial charge on any atom is -0.394 e. The number of nitrogens with zero attached hydrogens (tertiary/aromatic N) is 1. The minimum atomic E-state index is -1.01. The van der Waals surface area contributed by atoms with Gasteiger partial charge in [-0.05, 0) is 25.7 Å². The third-order valence-electron chi connectivity index (χ3n) is 5.21. The lowest BCUT2D eigenvalue weighted by molar-refractivity contribution is -0.0636. The number of nitrogens with one attached hydrogen (secondary N) is 1. The Morgan fingerprint density at radius 2 is 1.10 bits per heavy atom. The van der Waals surface area contributed by atoms with Crippen LogP contribution in [0.1, 0.15) is 64.2 Å². The highest BCUT2D eigenvalue weighted by Crippen LogP contribution is 2.29. The van der Waals surface area contributed by atoms with E-state index in [2.05, 4.69) is 10.4 Å². The Morgan fingerprint density at radius 3 is 1.43 bits per heavy atom. The highest BCUT2D eigenvalue weighted by atomic mass is 16.3. The molecule has 0 radical (unpaired) electrons. The van der Waals surface area contributed by atoms with Crippen molar-refractivity contribution < 1.29 is 15.3 Å². The third kappa shape index (κ3) is 4.39. The second-order valence-corrected chi connectivity index (χ2v) is 6.86. The van der Waals surface area contributed by atoms with E-state index in [1.54, 1.807) is 0 Å². The summed E-state index contributed by atoms with van der Waals surface area (Å²) in [6.45, 7) is -0.762. The van der Waals surface area contributed by atoms with Crippen molar-refractivity contribution >= 4 is 0 Å². The van der Waals surface area contributed by atoms with Gasteiger partial charge in [-0.25, -0.2) is 10.4 Å². The molecule has 0 heterocycles. The van der Waals surface area contributed by atoms with E-state index in [1.165, 1.54) is 64.2 Å². The zero-order valence-electron chi connectivity index (χ0n) is 13.1. The highest BCUT2D eigenvalue weighted by Gasteiger charge is 2.36. The van der Waals surface area contributed by atoms with Gasteiger partial charge >= 0.3 is 0 Å². The predicted molar refractivity (Wildman–Crippen MR) is 82.7 cm³/mol. The van der Waals surface area contributed by atoms with E-state index < -0.39 is 5.54 Å². The molecule has 0 aromatic heterocycles.